The molecule has 0 saturated carbocycles. The molecule has 0 radical (unpaired) electrons. The maximum Gasteiger partial charge on any atom is 0.309 e. The fraction of sp³-hybridized carbons (Fsp3) is 0.667. The van der Waals surface area contributed by atoms with Crippen molar-refractivity contribution in [1.82, 2.24) is 26.6 Å². The fourth-order valence-electron chi connectivity index (χ4n) is 1.31. The van der Waals surface area contributed by atoms with Crippen molar-refractivity contribution < 1.29 is 29.4 Å². The zero-order valence-corrected chi connectivity index (χ0v) is 12.7. The van der Waals surface area contributed by atoms with E-state index in [0.717, 1.165) is 0 Å². The van der Waals surface area contributed by atoms with Crippen LogP contribution in [0.15, 0.2) is 0 Å². The van der Waals surface area contributed by atoms with Crippen molar-refractivity contribution in [2.24, 2.45) is 0 Å². The summed E-state index contributed by atoms with van der Waals surface area (Å²) >= 11 is 0. The SMILES string of the molecule is O=C(NCCO)C(=O)NCCNCCNC(=O)C(=O)NCCO. The maximum atomic E-state index is 11.2. The number of hydrogen-bond donors (Lipinski definition) is 7. The average Bonchev–Trinajstić information content (AvgIpc) is 2.55. The number of nitrogens with one attached hydrogen (secondary N) is 5. The van der Waals surface area contributed by atoms with Crippen LogP contribution in [0.4, 0.5) is 0 Å². The lowest BCUT2D eigenvalue weighted by Crippen LogP contribution is -2.44. The van der Waals surface area contributed by atoms with Gasteiger partial charge in [-0.3, -0.25) is 19.2 Å². The molecule has 0 fully saturated rings. The molecule has 0 aromatic carbocycles. The van der Waals surface area contributed by atoms with Crippen molar-refractivity contribution >= 4 is 23.6 Å². The molecule has 0 aromatic rings. The molecule has 132 valence electrons. The van der Waals surface area contributed by atoms with Gasteiger partial charge in [0.05, 0.1) is 13.2 Å². The minimum absolute atomic E-state index is 0.0100. The third-order valence-electron chi connectivity index (χ3n) is 2.38. The lowest BCUT2D eigenvalue weighted by atomic mass is 10.4. The second-order valence-electron chi connectivity index (χ2n) is 4.22. The number of carbonyl (C=O) groups excluding carboxylic acids is 4. The first kappa shape index (κ1) is 20.8. The van der Waals surface area contributed by atoms with E-state index in [0.29, 0.717) is 13.1 Å². The molecule has 0 aliphatic heterocycles. The highest BCUT2D eigenvalue weighted by Crippen LogP contribution is 1.71. The highest BCUT2D eigenvalue weighted by atomic mass is 16.3. The molecule has 0 bridgehead atoms. The van der Waals surface area contributed by atoms with Gasteiger partial charge in [0.25, 0.3) is 0 Å². The van der Waals surface area contributed by atoms with Crippen LogP contribution in [-0.4, -0.2) is 86.3 Å². The molecular weight excluding hydrogens is 310 g/mol. The van der Waals surface area contributed by atoms with Crippen molar-refractivity contribution in [3.8, 4) is 0 Å². The summed E-state index contributed by atoms with van der Waals surface area (Å²) in [5, 5.41) is 29.0. The summed E-state index contributed by atoms with van der Waals surface area (Å²) in [4.78, 5) is 44.7. The van der Waals surface area contributed by atoms with Crippen molar-refractivity contribution in [3.63, 3.8) is 0 Å². The second kappa shape index (κ2) is 13.4. The second-order valence-corrected chi connectivity index (χ2v) is 4.22. The standard InChI is InChI=1S/C12H23N5O6/c18-7-5-16-11(22)9(20)14-3-1-13-2-4-15-10(21)12(23)17-6-8-19/h13,18-19H,1-8H2,(H,14,20)(H,15,21)(H,16,22)(H,17,23). The lowest BCUT2D eigenvalue weighted by Gasteiger charge is -2.08. The number of carbonyl (C=O) groups is 4. The van der Waals surface area contributed by atoms with E-state index in [1.165, 1.54) is 0 Å². The smallest absolute Gasteiger partial charge is 0.309 e. The molecule has 0 aliphatic carbocycles. The highest BCUT2D eigenvalue weighted by molar-refractivity contribution is 6.35. The van der Waals surface area contributed by atoms with Crippen molar-refractivity contribution in [2.45, 2.75) is 0 Å². The summed E-state index contributed by atoms with van der Waals surface area (Å²) in [6.45, 7) is 0.671. The Hall–Kier alpha value is -2.24. The predicted octanol–water partition coefficient (Wildman–Crippen LogP) is -4.97. The molecular formula is C12H23N5O6. The van der Waals surface area contributed by atoms with Crippen LogP contribution in [-0.2, 0) is 19.2 Å². The Bertz CT molecular complexity index is 367. The average molecular weight is 333 g/mol. The van der Waals surface area contributed by atoms with Crippen molar-refractivity contribution in [2.75, 3.05) is 52.5 Å². The molecule has 0 spiro atoms. The summed E-state index contributed by atoms with van der Waals surface area (Å²) in [7, 11) is 0. The van der Waals surface area contributed by atoms with Gasteiger partial charge in [-0.2, -0.15) is 0 Å². The minimum Gasteiger partial charge on any atom is -0.395 e. The number of rotatable bonds is 10. The number of amides is 4. The highest BCUT2D eigenvalue weighted by Gasteiger charge is 2.12. The lowest BCUT2D eigenvalue weighted by molar-refractivity contribution is -0.139. The Labute approximate surface area is 133 Å². The summed E-state index contributed by atoms with van der Waals surface area (Å²) < 4.78 is 0. The van der Waals surface area contributed by atoms with E-state index in [4.69, 9.17) is 10.2 Å². The number of aliphatic hydroxyl groups excluding tert-OH is 2. The third kappa shape index (κ3) is 11.0. The largest absolute Gasteiger partial charge is 0.395 e. The first-order chi connectivity index (χ1) is 11.0. The number of hydrogen-bond acceptors (Lipinski definition) is 7. The van der Waals surface area contributed by atoms with E-state index in [2.05, 4.69) is 26.6 Å². The van der Waals surface area contributed by atoms with Gasteiger partial charge in [-0.05, 0) is 0 Å². The van der Waals surface area contributed by atoms with Gasteiger partial charge in [0.2, 0.25) is 0 Å². The molecule has 4 amide bonds. The molecule has 23 heavy (non-hydrogen) atoms. The summed E-state index contributed by atoms with van der Waals surface area (Å²) in [5.41, 5.74) is 0. The minimum atomic E-state index is -0.819. The summed E-state index contributed by atoms with van der Waals surface area (Å²) in [5.74, 6) is -3.23. The van der Waals surface area contributed by atoms with Crippen LogP contribution in [0.3, 0.4) is 0 Å². The van der Waals surface area contributed by atoms with Crippen LogP contribution in [0, 0.1) is 0 Å². The molecule has 0 saturated heterocycles. The van der Waals surface area contributed by atoms with Gasteiger partial charge in [0.15, 0.2) is 0 Å². The summed E-state index contributed by atoms with van der Waals surface area (Å²) in [6.07, 6.45) is 0. The van der Waals surface area contributed by atoms with Crippen LogP contribution in [0.5, 0.6) is 0 Å². The molecule has 11 nitrogen and oxygen atoms in total. The Morgan fingerprint density at radius 3 is 1.13 bits per heavy atom. The molecule has 11 heteroatoms. The van der Waals surface area contributed by atoms with E-state index < -0.39 is 23.6 Å². The van der Waals surface area contributed by atoms with Crippen LogP contribution < -0.4 is 26.6 Å². The first-order valence-corrected chi connectivity index (χ1v) is 7.07. The zero-order chi connectivity index (χ0) is 17.5. The van der Waals surface area contributed by atoms with Gasteiger partial charge in [-0.25, -0.2) is 0 Å². The van der Waals surface area contributed by atoms with Crippen LogP contribution in [0.25, 0.3) is 0 Å². The molecule has 0 aliphatic rings. The van der Waals surface area contributed by atoms with E-state index in [9.17, 15) is 19.2 Å². The topological polar surface area (TPSA) is 169 Å². The predicted molar refractivity (Wildman–Crippen MR) is 79.1 cm³/mol. The van der Waals surface area contributed by atoms with Gasteiger partial charge >= 0.3 is 23.6 Å². The first-order valence-electron chi connectivity index (χ1n) is 7.07. The van der Waals surface area contributed by atoms with Gasteiger partial charge in [0.1, 0.15) is 0 Å². The van der Waals surface area contributed by atoms with Gasteiger partial charge < -0.3 is 36.8 Å². The Morgan fingerprint density at radius 1 is 0.522 bits per heavy atom. The summed E-state index contributed by atoms with van der Waals surface area (Å²) in [6, 6.07) is 0. The normalized spacial score (nSPS) is 9.83. The van der Waals surface area contributed by atoms with Gasteiger partial charge in [-0.1, -0.05) is 0 Å². The van der Waals surface area contributed by atoms with E-state index >= 15 is 0 Å². The molecule has 0 heterocycles. The molecule has 7 N–H and O–H groups in total. The maximum absolute atomic E-state index is 11.2. The molecule has 0 unspecified atom stereocenters. The van der Waals surface area contributed by atoms with Crippen LogP contribution in [0.1, 0.15) is 0 Å². The molecule has 0 rings (SSSR count). The van der Waals surface area contributed by atoms with Crippen LogP contribution in [0.2, 0.25) is 0 Å². The van der Waals surface area contributed by atoms with Crippen molar-refractivity contribution in [3.05, 3.63) is 0 Å². The fourth-order valence-corrected chi connectivity index (χ4v) is 1.31. The quantitative estimate of drug-likeness (QED) is 0.155. The zero-order valence-electron chi connectivity index (χ0n) is 12.7. The van der Waals surface area contributed by atoms with Gasteiger partial charge in [0, 0.05) is 39.3 Å². The van der Waals surface area contributed by atoms with E-state index in [-0.39, 0.29) is 39.4 Å². The van der Waals surface area contributed by atoms with Crippen molar-refractivity contribution in [1.29, 1.82) is 0 Å². The Balaban J connectivity index is 3.55. The Morgan fingerprint density at radius 2 is 0.826 bits per heavy atom. The van der Waals surface area contributed by atoms with E-state index in [1.54, 1.807) is 0 Å². The van der Waals surface area contributed by atoms with Crippen LogP contribution >= 0.6 is 0 Å². The van der Waals surface area contributed by atoms with Gasteiger partial charge in [-0.15, -0.1) is 0 Å². The van der Waals surface area contributed by atoms with E-state index in [1.807, 2.05) is 0 Å². The third-order valence-corrected chi connectivity index (χ3v) is 2.38. The number of aliphatic hydroxyl groups is 2. The Kier molecular flexibility index (Phi) is 12.1. The monoisotopic (exact) mass is 333 g/mol. The molecule has 0 atom stereocenters. The molecule has 0 aromatic heterocycles.